The van der Waals surface area contributed by atoms with Gasteiger partial charge in [-0.1, -0.05) is 46.0 Å². The third-order valence-corrected chi connectivity index (χ3v) is 1.97. The molecule has 0 aromatic carbocycles. The summed E-state index contributed by atoms with van der Waals surface area (Å²) >= 11 is 0. The zero-order chi connectivity index (χ0) is 7.98. The first kappa shape index (κ1) is 23.8. The molecule has 0 amide bonds. The van der Waals surface area contributed by atoms with E-state index in [1.165, 1.54) is 19.3 Å². The van der Waals surface area contributed by atoms with Gasteiger partial charge in [-0.05, 0) is 5.92 Å². The molecule has 13 heavy (non-hydrogen) atoms. The van der Waals surface area contributed by atoms with Crippen LogP contribution in [0.2, 0.25) is 0 Å². The fourth-order valence-electron chi connectivity index (χ4n) is 1.02. The van der Waals surface area contributed by atoms with Crippen LogP contribution in [0, 0.1) is 18.8 Å². The van der Waals surface area contributed by atoms with Crippen molar-refractivity contribution < 1.29 is 22.5 Å². The molecule has 0 aromatic heterocycles. The van der Waals surface area contributed by atoms with Gasteiger partial charge in [0.05, 0.1) is 0 Å². The van der Waals surface area contributed by atoms with Crippen LogP contribution in [-0.2, 0) is 0 Å². The van der Waals surface area contributed by atoms with E-state index in [9.17, 15) is 0 Å². The minimum Gasteiger partial charge on any atom is -1.00 e. The Morgan fingerprint density at radius 2 is 1.54 bits per heavy atom. The molecule has 3 heteroatoms. The molecule has 1 nitrogen and oxygen atoms in total. The predicted molar refractivity (Wildman–Crippen MR) is 57.2 cm³/mol. The third-order valence-electron chi connectivity index (χ3n) is 1.97. The molecule has 2 N–H and O–H groups in total. The Labute approximate surface area is 110 Å². The van der Waals surface area contributed by atoms with Crippen molar-refractivity contribution in [2.45, 2.75) is 46.5 Å². The second kappa shape index (κ2) is 15.7. The summed E-state index contributed by atoms with van der Waals surface area (Å²) in [5.74, 6) is 1.70. The van der Waals surface area contributed by atoms with E-state index in [1.807, 2.05) is 0 Å². The van der Waals surface area contributed by atoms with Crippen molar-refractivity contribution in [2.24, 2.45) is 11.8 Å². The van der Waals surface area contributed by atoms with Gasteiger partial charge in [-0.3, -0.25) is 0 Å². The van der Waals surface area contributed by atoms with Crippen LogP contribution in [0.3, 0.4) is 0 Å². The van der Waals surface area contributed by atoms with E-state index < -0.39 is 0 Å². The second-order valence-corrected chi connectivity index (χ2v) is 3.72. The molecule has 0 spiro atoms. The molecule has 1 unspecified atom stereocenters. The minimum absolute atomic E-state index is 0. The molecule has 78 valence electrons. The maximum absolute atomic E-state index is 3.88. The Morgan fingerprint density at radius 3 is 1.85 bits per heavy atom. The van der Waals surface area contributed by atoms with Crippen LogP contribution in [0.25, 0.3) is 0 Å². The Hall–Kier alpha value is 1.21. The van der Waals surface area contributed by atoms with Crippen LogP contribution in [0.4, 0.5) is 0 Å². The van der Waals surface area contributed by atoms with E-state index in [4.69, 9.17) is 0 Å². The van der Waals surface area contributed by atoms with Crippen LogP contribution in [0.1, 0.15) is 46.5 Å². The monoisotopic (exact) mass is 262 g/mol. The Morgan fingerprint density at radius 1 is 1.08 bits per heavy atom. The summed E-state index contributed by atoms with van der Waals surface area (Å²) in [7, 11) is 0. The van der Waals surface area contributed by atoms with Crippen molar-refractivity contribution in [2.75, 3.05) is 0 Å². The second-order valence-electron chi connectivity index (χ2n) is 3.72. The summed E-state index contributed by atoms with van der Waals surface area (Å²) in [5, 5.41) is 0. The number of hydrogen-bond donors (Lipinski definition) is 0. The van der Waals surface area contributed by atoms with E-state index >= 15 is 0 Å². The van der Waals surface area contributed by atoms with Gasteiger partial charge in [0.15, 0.2) is 0 Å². The number of hydrogen-bond acceptors (Lipinski definition) is 0. The Bertz CT molecular complexity index is 79.3. The summed E-state index contributed by atoms with van der Waals surface area (Å²) in [6, 6.07) is 0. The van der Waals surface area contributed by atoms with Crippen molar-refractivity contribution in [3.05, 3.63) is 6.92 Å². The summed E-state index contributed by atoms with van der Waals surface area (Å²) in [5.41, 5.74) is 0. The van der Waals surface area contributed by atoms with Gasteiger partial charge in [-0.2, -0.15) is 6.42 Å². The van der Waals surface area contributed by atoms with Gasteiger partial charge >= 0.3 is 23.1 Å². The van der Waals surface area contributed by atoms with E-state index in [1.54, 1.807) is 0 Å². The van der Waals surface area contributed by atoms with Crippen molar-refractivity contribution in [1.82, 2.24) is 0 Å². The van der Waals surface area contributed by atoms with Crippen molar-refractivity contribution in [1.29, 1.82) is 0 Å². The Kier molecular flexibility index (Phi) is 28.7. The fourth-order valence-corrected chi connectivity index (χ4v) is 1.02. The van der Waals surface area contributed by atoms with Crippen LogP contribution in [0.5, 0.6) is 0 Å². The van der Waals surface area contributed by atoms with Crippen LogP contribution >= 0.6 is 0 Å². The molecule has 0 aromatic rings. The maximum atomic E-state index is 3.88. The Balaban J connectivity index is -0.000000135. The molecule has 0 rings (SSSR count). The van der Waals surface area contributed by atoms with Crippen LogP contribution in [0.15, 0.2) is 0 Å². The molecule has 0 bridgehead atoms. The van der Waals surface area contributed by atoms with Gasteiger partial charge in [-0.25, -0.2) is 0 Å². The molecule has 1 atom stereocenters. The quantitative estimate of drug-likeness (QED) is 0.472. The molecule has 0 aliphatic rings. The van der Waals surface area contributed by atoms with E-state index in [-0.39, 0.29) is 45.5 Å². The topological polar surface area (TPSA) is 31.5 Å². The zero-order valence-electron chi connectivity index (χ0n) is 9.28. The summed E-state index contributed by atoms with van der Waals surface area (Å²) < 4.78 is 0. The van der Waals surface area contributed by atoms with Gasteiger partial charge in [0.25, 0.3) is 0 Å². The fraction of sp³-hybridized carbons (Fsp3) is 0.900. The summed E-state index contributed by atoms with van der Waals surface area (Å²) in [4.78, 5) is 0. The summed E-state index contributed by atoms with van der Waals surface area (Å²) in [6.45, 7) is 10.7. The molecular weight excluding hydrogens is 240 g/mol. The van der Waals surface area contributed by atoms with Crippen LogP contribution < -0.4 is 17.0 Å². The first-order valence-electron chi connectivity index (χ1n) is 4.46. The largest absolute Gasteiger partial charge is 2.00 e. The third kappa shape index (κ3) is 19.6. The molecule has 0 saturated carbocycles. The predicted octanol–water partition coefficient (Wildman–Crippen LogP) is -0.529. The number of rotatable bonds is 5. The smallest absolute Gasteiger partial charge is 1.00 e. The number of halogens is 1. The van der Waals surface area contributed by atoms with Gasteiger partial charge in [0.1, 0.15) is 0 Å². The first-order valence-corrected chi connectivity index (χ1v) is 4.46. The normalized spacial score (nSPS) is 10.8. The average molecular weight is 264 g/mol. The van der Waals surface area contributed by atoms with Gasteiger partial charge < -0.3 is 29.4 Å². The summed E-state index contributed by atoms with van der Waals surface area (Å²) in [6.07, 6.45) is 5.22. The van der Waals surface area contributed by atoms with Gasteiger partial charge in [0.2, 0.25) is 0 Å². The van der Waals surface area contributed by atoms with Gasteiger partial charge in [0, 0.05) is 0 Å². The van der Waals surface area contributed by atoms with Gasteiger partial charge in [-0.15, -0.1) is 0 Å². The maximum Gasteiger partial charge on any atom is 2.00 e. The SMILES string of the molecule is O.[Br-].[CH2-]CC(C)CCCC(C)C.[Mg+2]. The molecule has 0 saturated heterocycles. The molecule has 0 radical (unpaired) electrons. The van der Waals surface area contributed by atoms with Crippen molar-refractivity contribution in [3.63, 3.8) is 0 Å². The van der Waals surface area contributed by atoms with Crippen LogP contribution in [-0.4, -0.2) is 28.5 Å². The van der Waals surface area contributed by atoms with E-state index in [0.29, 0.717) is 0 Å². The molecule has 0 aliphatic heterocycles. The molecule has 0 fully saturated rings. The molecular formula is C10H23BrMgO. The van der Waals surface area contributed by atoms with E-state index in [2.05, 4.69) is 27.7 Å². The average Bonchev–Trinajstić information content (AvgIpc) is 1.87. The zero-order valence-corrected chi connectivity index (χ0v) is 12.3. The molecule has 0 heterocycles. The molecule has 0 aliphatic carbocycles. The van der Waals surface area contributed by atoms with Crippen molar-refractivity contribution >= 4 is 23.1 Å². The van der Waals surface area contributed by atoms with E-state index in [0.717, 1.165) is 18.3 Å². The first-order chi connectivity index (χ1) is 4.66. The standard InChI is InChI=1S/C10H21.BrH.Mg.H2O/c1-5-10(4)8-6-7-9(2)3;;;/h9-10H,1,5-8H2,2-4H3;1H;;1H2/q-1;;+2;/p-1. The minimum atomic E-state index is 0. The van der Waals surface area contributed by atoms with Crippen molar-refractivity contribution in [3.8, 4) is 0 Å².